The molecule has 3 saturated heterocycles. The van der Waals surface area contributed by atoms with E-state index in [0.717, 1.165) is 83.0 Å². The number of fused-ring (bicyclic) bond motifs is 4. The Morgan fingerprint density at radius 2 is 1.97 bits per heavy atom. The van der Waals surface area contributed by atoms with Crippen LogP contribution in [0.5, 0.6) is 0 Å². The molecule has 7 nitrogen and oxygen atoms in total. The van der Waals surface area contributed by atoms with Crippen molar-refractivity contribution in [3.8, 4) is 0 Å². The number of piperidine rings is 1. The van der Waals surface area contributed by atoms with E-state index in [0.29, 0.717) is 17.9 Å². The Morgan fingerprint density at radius 3 is 2.74 bits per heavy atom. The highest BCUT2D eigenvalue weighted by Crippen LogP contribution is 2.40. The zero-order chi connectivity index (χ0) is 21.6. The summed E-state index contributed by atoms with van der Waals surface area (Å²) in [7, 11) is 3.87. The first-order chi connectivity index (χ1) is 14.9. The number of hydrogen-bond donors (Lipinski definition) is 0. The first kappa shape index (κ1) is 21.2. The average molecular weight is 429 g/mol. The molecule has 0 saturated carbocycles. The van der Waals surface area contributed by atoms with Gasteiger partial charge in [-0.15, -0.1) is 0 Å². The van der Waals surface area contributed by atoms with Gasteiger partial charge in [0.1, 0.15) is 0 Å². The van der Waals surface area contributed by atoms with Crippen molar-refractivity contribution in [1.82, 2.24) is 19.3 Å². The molecule has 1 amide bonds. The lowest BCUT2D eigenvalue weighted by Gasteiger charge is -2.43. The monoisotopic (exact) mass is 428 g/mol. The normalized spacial score (nSPS) is 27.6. The minimum Gasteiger partial charge on any atom is -0.381 e. The van der Waals surface area contributed by atoms with Crippen LogP contribution in [0.3, 0.4) is 0 Å². The molecule has 0 unspecified atom stereocenters. The third-order valence-corrected chi connectivity index (χ3v) is 7.95. The zero-order valence-electron chi connectivity index (χ0n) is 19.0. The minimum atomic E-state index is 0.188. The van der Waals surface area contributed by atoms with E-state index in [1.807, 2.05) is 28.5 Å². The maximum atomic E-state index is 13.4. The molecule has 170 valence electrons. The predicted molar refractivity (Wildman–Crippen MR) is 119 cm³/mol. The maximum absolute atomic E-state index is 13.4. The number of likely N-dealkylation sites (N-methyl/N-ethyl adjacent to an activating group) is 1. The number of carbonyl (C=O) groups excluding carboxylic acids is 1. The summed E-state index contributed by atoms with van der Waals surface area (Å²) in [5.74, 6) is 0.850. The van der Waals surface area contributed by atoms with Crippen molar-refractivity contribution in [2.24, 2.45) is 11.3 Å². The van der Waals surface area contributed by atoms with Crippen molar-refractivity contribution >= 4 is 5.91 Å². The first-order valence-electron chi connectivity index (χ1n) is 11.9. The van der Waals surface area contributed by atoms with Gasteiger partial charge in [0.2, 0.25) is 5.91 Å². The number of aromatic nitrogens is 1. The Bertz CT molecular complexity index is 889. The quantitative estimate of drug-likeness (QED) is 0.725. The van der Waals surface area contributed by atoms with E-state index in [9.17, 15) is 9.59 Å². The number of nitrogens with zero attached hydrogens (tertiary/aromatic N) is 4. The summed E-state index contributed by atoms with van der Waals surface area (Å²) in [6.45, 7) is 7.39. The molecule has 1 aromatic rings. The summed E-state index contributed by atoms with van der Waals surface area (Å²) in [6.07, 6.45) is 4.61. The Morgan fingerprint density at radius 1 is 1.16 bits per heavy atom. The summed E-state index contributed by atoms with van der Waals surface area (Å²) in [4.78, 5) is 32.4. The van der Waals surface area contributed by atoms with Crippen molar-refractivity contribution in [3.05, 3.63) is 33.7 Å². The highest BCUT2D eigenvalue weighted by molar-refractivity contribution is 5.78. The number of likely N-dealkylation sites (tertiary alicyclic amines) is 2. The van der Waals surface area contributed by atoms with Crippen LogP contribution in [-0.2, 0) is 22.6 Å². The van der Waals surface area contributed by atoms with E-state index in [1.165, 1.54) is 6.42 Å². The second kappa shape index (κ2) is 8.34. The lowest BCUT2D eigenvalue weighted by molar-refractivity contribution is -0.134. The van der Waals surface area contributed by atoms with Crippen LogP contribution in [0.1, 0.15) is 42.9 Å². The van der Waals surface area contributed by atoms with Crippen LogP contribution in [-0.4, -0.2) is 85.2 Å². The molecule has 0 aromatic carbocycles. The number of carbonyl (C=O) groups is 1. The first-order valence-corrected chi connectivity index (χ1v) is 11.9. The fourth-order valence-corrected chi connectivity index (χ4v) is 6.30. The Kier molecular flexibility index (Phi) is 5.69. The highest BCUT2D eigenvalue weighted by atomic mass is 16.5. The van der Waals surface area contributed by atoms with Gasteiger partial charge >= 0.3 is 0 Å². The molecule has 4 aliphatic rings. The van der Waals surface area contributed by atoms with Gasteiger partial charge in [-0.05, 0) is 63.7 Å². The molecule has 2 atom stereocenters. The average Bonchev–Trinajstić information content (AvgIpc) is 3.12. The van der Waals surface area contributed by atoms with Crippen LogP contribution in [0.4, 0.5) is 0 Å². The molecule has 0 radical (unpaired) electrons. The third kappa shape index (κ3) is 4.20. The van der Waals surface area contributed by atoms with Gasteiger partial charge in [0.15, 0.2) is 0 Å². The van der Waals surface area contributed by atoms with Gasteiger partial charge in [-0.1, -0.05) is 6.07 Å². The van der Waals surface area contributed by atoms with E-state index >= 15 is 0 Å². The van der Waals surface area contributed by atoms with E-state index in [4.69, 9.17) is 4.74 Å². The van der Waals surface area contributed by atoms with Crippen molar-refractivity contribution < 1.29 is 9.53 Å². The van der Waals surface area contributed by atoms with Gasteiger partial charge < -0.3 is 19.1 Å². The largest absolute Gasteiger partial charge is 0.381 e. The van der Waals surface area contributed by atoms with Crippen LogP contribution in [0.25, 0.3) is 0 Å². The van der Waals surface area contributed by atoms with Gasteiger partial charge in [0.05, 0.1) is 6.54 Å². The van der Waals surface area contributed by atoms with E-state index in [2.05, 4.69) is 17.0 Å². The number of hydrogen-bond acceptors (Lipinski definition) is 5. The number of pyridine rings is 1. The fourth-order valence-electron chi connectivity index (χ4n) is 6.30. The molecule has 31 heavy (non-hydrogen) atoms. The molecule has 0 aliphatic carbocycles. The van der Waals surface area contributed by atoms with Crippen molar-refractivity contribution in [2.75, 3.05) is 60.0 Å². The molecule has 5 rings (SSSR count). The molecule has 5 heterocycles. The van der Waals surface area contributed by atoms with Crippen molar-refractivity contribution in [1.29, 1.82) is 0 Å². The van der Waals surface area contributed by atoms with E-state index in [1.54, 1.807) is 0 Å². The minimum absolute atomic E-state index is 0.188. The summed E-state index contributed by atoms with van der Waals surface area (Å²) < 4.78 is 7.60. The second-order valence-electron chi connectivity index (χ2n) is 10.6. The Hall–Kier alpha value is -1.70. The lowest BCUT2D eigenvalue weighted by atomic mass is 9.80. The summed E-state index contributed by atoms with van der Waals surface area (Å²) >= 11 is 0. The lowest BCUT2D eigenvalue weighted by Crippen LogP contribution is -2.51. The molecular weight excluding hydrogens is 392 g/mol. The van der Waals surface area contributed by atoms with Gasteiger partial charge in [-0.3, -0.25) is 14.5 Å². The van der Waals surface area contributed by atoms with Gasteiger partial charge in [-0.2, -0.15) is 0 Å². The second-order valence-corrected chi connectivity index (χ2v) is 10.6. The molecule has 1 aromatic heterocycles. The third-order valence-electron chi connectivity index (χ3n) is 7.95. The Balaban J connectivity index is 1.30. The van der Waals surface area contributed by atoms with Crippen molar-refractivity contribution in [2.45, 2.75) is 44.7 Å². The zero-order valence-corrected chi connectivity index (χ0v) is 19.0. The SMILES string of the molecule is CN(C)CC(=O)N1C[C@@H]2C[C@H](C1)c1ccc(CN3CCC4(CCOCC4)C3)c(=O)n1C2. The molecule has 1 spiro atoms. The van der Waals surface area contributed by atoms with Crippen LogP contribution in [0.2, 0.25) is 0 Å². The highest BCUT2D eigenvalue weighted by Gasteiger charge is 2.40. The van der Waals surface area contributed by atoms with Gasteiger partial charge in [-0.25, -0.2) is 0 Å². The van der Waals surface area contributed by atoms with Gasteiger partial charge in [0.25, 0.3) is 5.56 Å². The fraction of sp³-hybridized carbons (Fsp3) is 0.750. The standard InChI is InChI=1S/C24H36N4O3/c1-25(2)16-22(29)27-12-18-11-20(15-27)21-4-3-19(23(30)28(21)13-18)14-26-8-5-24(17-26)6-9-31-10-7-24/h3-4,18,20H,5-17H2,1-2H3/t18-,20+/m0/s1. The summed E-state index contributed by atoms with van der Waals surface area (Å²) in [6, 6.07) is 4.22. The topological polar surface area (TPSA) is 58.0 Å². The number of rotatable bonds is 4. The van der Waals surface area contributed by atoms with E-state index < -0.39 is 0 Å². The molecule has 2 bridgehead atoms. The Labute approximate surface area is 184 Å². The van der Waals surface area contributed by atoms with Crippen LogP contribution in [0, 0.1) is 11.3 Å². The maximum Gasteiger partial charge on any atom is 0.255 e. The van der Waals surface area contributed by atoms with Crippen LogP contribution in [0.15, 0.2) is 16.9 Å². The predicted octanol–water partition coefficient (Wildman–Crippen LogP) is 1.36. The molecule has 3 fully saturated rings. The summed E-state index contributed by atoms with van der Waals surface area (Å²) in [5.41, 5.74) is 2.64. The molecule has 0 N–H and O–H groups in total. The van der Waals surface area contributed by atoms with Crippen molar-refractivity contribution in [3.63, 3.8) is 0 Å². The van der Waals surface area contributed by atoms with Gasteiger partial charge in [0, 0.05) is 63.1 Å². The van der Waals surface area contributed by atoms with E-state index in [-0.39, 0.29) is 17.4 Å². The molecule has 4 aliphatic heterocycles. The molecule has 7 heteroatoms. The number of amides is 1. The van der Waals surface area contributed by atoms with Crippen LogP contribution < -0.4 is 5.56 Å². The summed E-state index contributed by atoms with van der Waals surface area (Å²) in [5, 5.41) is 0. The van der Waals surface area contributed by atoms with Crippen LogP contribution >= 0.6 is 0 Å². The smallest absolute Gasteiger partial charge is 0.255 e. The number of ether oxygens (including phenoxy) is 1. The molecular formula is C24H36N4O3.